The maximum absolute atomic E-state index is 12.6. The van der Waals surface area contributed by atoms with Crippen LogP contribution in [0.4, 0.5) is 4.79 Å². The Morgan fingerprint density at radius 1 is 0.921 bits per heavy atom. The van der Waals surface area contributed by atoms with Crippen LogP contribution in [0.1, 0.15) is 43.4 Å². The van der Waals surface area contributed by atoms with Gasteiger partial charge in [0.2, 0.25) is 0 Å². The first-order valence-electron chi connectivity index (χ1n) is 12.4. The summed E-state index contributed by atoms with van der Waals surface area (Å²) in [5.41, 5.74) is 4.34. The van der Waals surface area contributed by atoms with Crippen LogP contribution in [0.3, 0.4) is 0 Å². The van der Waals surface area contributed by atoms with E-state index in [9.17, 15) is 19.5 Å². The molecule has 1 unspecified atom stereocenters. The van der Waals surface area contributed by atoms with Crippen LogP contribution in [-0.4, -0.2) is 48.0 Å². The lowest BCUT2D eigenvalue weighted by Crippen LogP contribution is -2.42. The third-order valence-corrected chi connectivity index (χ3v) is 6.05. The summed E-state index contributed by atoms with van der Waals surface area (Å²) in [4.78, 5) is 36.4. The van der Waals surface area contributed by atoms with Crippen molar-refractivity contribution in [1.29, 1.82) is 0 Å². The number of aliphatic carboxylic acids is 1. The van der Waals surface area contributed by atoms with Gasteiger partial charge < -0.3 is 24.6 Å². The molecule has 0 fully saturated rings. The van der Waals surface area contributed by atoms with Gasteiger partial charge >= 0.3 is 18.0 Å². The molecule has 8 nitrogen and oxygen atoms in total. The Morgan fingerprint density at radius 2 is 1.55 bits per heavy atom. The number of carbonyl (C=O) groups is 3. The number of amides is 1. The molecule has 1 amide bonds. The SMILES string of the molecule is CC(C)(C)OC(=O)COc1cccc(CC(NC(=O)OCC2c3ccccc3-c3ccccc32)C(=O)O)c1. The van der Waals surface area contributed by atoms with E-state index in [1.807, 2.05) is 48.5 Å². The summed E-state index contributed by atoms with van der Waals surface area (Å²) in [5, 5.41) is 12.2. The van der Waals surface area contributed by atoms with Crippen molar-refractivity contribution in [1.82, 2.24) is 5.32 Å². The lowest BCUT2D eigenvalue weighted by molar-refractivity contribution is -0.157. The molecule has 2 N–H and O–H groups in total. The van der Waals surface area contributed by atoms with Crippen molar-refractivity contribution in [3.63, 3.8) is 0 Å². The molecule has 4 rings (SSSR count). The Morgan fingerprint density at radius 3 is 2.16 bits per heavy atom. The number of rotatable bonds is 9. The largest absolute Gasteiger partial charge is 0.482 e. The number of carbonyl (C=O) groups excluding carboxylic acids is 2. The van der Waals surface area contributed by atoms with Crippen LogP contribution in [0.5, 0.6) is 5.75 Å². The molecule has 38 heavy (non-hydrogen) atoms. The van der Waals surface area contributed by atoms with E-state index in [0.717, 1.165) is 22.3 Å². The minimum Gasteiger partial charge on any atom is -0.482 e. The second-order valence-corrected chi connectivity index (χ2v) is 10.1. The van der Waals surface area contributed by atoms with E-state index in [2.05, 4.69) is 5.32 Å². The number of hydrogen-bond acceptors (Lipinski definition) is 6. The fourth-order valence-corrected chi connectivity index (χ4v) is 4.49. The number of benzene rings is 3. The quantitative estimate of drug-likeness (QED) is 0.387. The molecule has 1 aliphatic carbocycles. The zero-order valence-electron chi connectivity index (χ0n) is 21.6. The molecule has 3 aromatic rings. The van der Waals surface area contributed by atoms with Crippen molar-refractivity contribution < 1.29 is 33.7 Å². The van der Waals surface area contributed by atoms with E-state index >= 15 is 0 Å². The fourth-order valence-electron chi connectivity index (χ4n) is 4.49. The Labute approximate surface area is 221 Å². The molecule has 0 heterocycles. The topological polar surface area (TPSA) is 111 Å². The molecule has 0 saturated carbocycles. The van der Waals surface area contributed by atoms with Gasteiger partial charge in [0.15, 0.2) is 6.61 Å². The van der Waals surface area contributed by atoms with E-state index in [1.54, 1.807) is 45.0 Å². The van der Waals surface area contributed by atoms with Crippen molar-refractivity contribution in [2.24, 2.45) is 0 Å². The number of ether oxygens (including phenoxy) is 3. The monoisotopic (exact) mass is 517 g/mol. The van der Waals surface area contributed by atoms with Crippen molar-refractivity contribution in [2.75, 3.05) is 13.2 Å². The number of carboxylic acid groups (broad SMARTS) is 1. The summed E-state index contributed by atoms with van der Waals surface area (Å²) in [6.45, 7) is 5.10. The second-order valence-electron chi connectivity index (χ2n) is 10.1. The minimum atomic E-state index is -1.22. The molecule has 0 aliphatic heterocycles. The zero-order valence-corrected chi connectivity index (χ0v) is 21.6. The third kappa shape index (κ3) is 6.70. The first kappa shape index (κ1) is 26.7. The molecule has 8 heteroatoms. The Hall–Kier alpha value is -4.33. The van der Waals surface area contributed by atoms with Gasteiger partial charge in [-0.05, 0) is 60.7 Å². The van der Waals surface area contributed by atoms with Crippen LogP contribution in [0, 0.1) is 0 Å². The fraction of sp³-hybridized carbons (Fsp3) is 0.300. The first-order valence-corrected chi connectivity index (χ1v) is 12.4. The smallest absolute Gasteiger partial charge is 0.407 e. The van der Waals surface area contributed by atoms with Gasteiger partial charge in [0, 0.05) is 12.3 Å². The van der Waals surface area contributed by atoms with Crippen LogP contribution in [0.15, 0.2) is 72.8 Å². The van der Waals surface area contributed by atoms with Crippen LogP contribution >= 0.6 is 0 Å². The second kappa shape index (κ2) is 11.4. The average Bonchev–Trinajstić information content (AvgIpc) is 3.19. The maximum Gasteiger partial charge on any atom is 0.407 e. The summed E-state index contributed by atoms with van der Waals surface area (Å²) in [6.07, 6.45) is -0.806. The molecular formula is C30H31NO7. The summed E-state index contributed by atoms with van der Waals surface area (Å²) >= 11 is 0. The predicted octanol–water partition coefficient (Wildman–Crippen LogP) is 4.94. The molecule has 0 spiro atoms. The standard InChI is InChI=1S/C30H31NO7/c1-30(2,3)38-27(32)18-36-20-10-8-9-19(15-20)16-26(28(33)34)31-29(35)37-17-25-23-13-6-4-11-21(23)22-12-5-7-14-24(22)25/h4-15,25-26H,16-18H2,1-3H3,(H,31,35)(H,33,34). The number of nitrogens with one attached hydrogen (secondary N) is 1. The highest BCUT2D eigenvalue weighted by Crippen LogP contribution is 2.44. The summed E-state index contributed by atoms with van der Waals surface area (Å²) in [6, 6.07) is 21.4. The predicted molar refractivity (Wildman–Crippen MR) is 141 cm³/mol. The van der Waals surface area contributed by atoms with Crippen LogP contribution < -0.4 is 10.1 Å². The van der Waals surface area contributed by atoms with Crippen molar-refractivity contribution in [3.05, 3.63) is 89.5 Å². The normalized spacial score (nSPS) is 13.1. The highest BCUT2D eigenvalue weighted by atomic mass is 16.6. The highest BCUT2D eigenvalue weighted by molar-refractivity contribution is 5.81. The van der Waals surface area contributed by atoms with E-state index in [-0.39, 0.29) is 25.6 Å². The molecule has 0 aromatic heterocycles. The van der Waals surface area contributed by atoms with E-state index in [4.69, 9.17) is 14.2 Å². The first-order chi connectivity index (χ1) is 18.1. The van der Waals surface area contributed by atoms with Gasteiger partial charge in [-0.25, -0.2) is 14.4 Å². The summed E-state index contributed by atoms with van der Waals surface area (Å²) in [7, 11) is 0. The average molecular weight is 518 g/mol. The summed E-state index contributed by atoms with van der Waals surface area (Å²) < 4.78 is 16.2. The lowest BCUT2D eigenvalue weighted by Gasteiger charge is -2.19. The van der Waals surface area contributed by atoms with Crippen molar-refractivity contribution in [3.8, 4) is 16.9 Å². The molecule has 1 aliphatic rings. The van der Waals surface area contributed by atoms with E-state index < -0.39 is 29.7 Å². The molecule has 0 bridgehead atoms. The van der Waals surface area contributed by atoms with Gasteiger partial charge in [0.25, 0.3) is 0 Å². The van der Waals surface area contributed by atoms with E-state index in [1.165, 1.54) is 0 Å². The van der Waals surface area contributed by atoms with Gasteiger partial charge in [-0.1, -0.05) is 60.7 Å². The highest BCUT2D eigenvalue weighted by Gasteiger charge is 2.30. The molecule has 0 saturated heterocycles. The molecule has 3 aromatic carbocycles. The Bertz CT molecular complexity index is 1280. The Kier molecular flexibility index (Phi) is 8.00. The molecule has 0 radical (unpaired) electrons. The van der Waals surface area contributed by atoms with Gasteiger partial charge in [0.1, 0.15) is 24.0 Å². The summed E-state index contributed by atoms with van der Waals surface area (Å²) in [5.74, 6) is -1.45. The maximum atomic E-state index is 12.6. The number of carboxylic acids is 1. The van der Waals surface area contributed by atoms with Crippen molar-refractivity contribution >= 4 is 18.0 Å². The minimum absolute atomic E-state index is 0.00314. The molecule has 1 atom stereocenters. The van der Waals surface area contributed by atoms with Crippen LogP contribution in [0.25, 0.3) is 11.1 Å². The van der Waals surface area contributed by atoms with Gasteiger partial charge in [-0.3, -0.25) is 0 Å². The van der Waals surface area contributed by atoms with Crippen molar-refractivity contribution in [2.45, 2.75) is 44.8 Å². The number of hydrogen-bond donors (Lipinski definition) is 2. The number of fused-ring (bicyclic) bond motifs is 3. The Balaban J connectivity index is 1.35. The molecule has 198 valence electrons. The third-order valence-electron chi connectivity index (χ3n) is 6.05. The lowest BCUT2D eigenvalue weighted by atomic mass is 9.98. The zero-order chi connectivity index (χ0) is 27.3. The van der Waals surface area contributed by atoms with Crippen LogP contribution in [-0.2, 0) is 25.5 Å². The number of esters is 1. The number of alkyl carbamates (subject to hydrolysis) is 1. The van der Waals surface area contributed by atoms with Gasteiger partial charge in [-0.15, -0.1) is 0 Å². The molecular weight excluding hydrogens is 486 g/mol. The van der Waals surface area contributed by atoms with E-state index in [0.29, 0.717) is 11.3 Å². The van der Waals surface area contributed by atoms with Crippen LogP contribution in [0.2, 0.25) is 0 Å². The van der Waals surface area contributed by atoms with Gasteiger partial charge in [-0.2, -0.15) is 0 Å². The van der Waals surface area contributed by atoms with Gasteiger partial charge in [0.05, 0.1) is 0 Å².